The van der Waals surface area contributed by atoms with Crippen molar-refractivity contribution < 1.29 is 9.13 Å². The lowest BCUT2D eigenvalue weighted by molar-refractivity contribution is 0.150. The molecule has 0 spiro atoms. The van der Waals surface area contributed by atoms with Crippen molar-refractivity contribution in [1.82, 2.24) is 15.5 Å². The molecule has 2 N–H and O–H groups in total. The maximum atomic E-state index is 13.6. The number of piperidine rings is 1. The SMILES string of the molecule is CN=C(NCC(C)(C)c1cccc(F)c1)NC1CCN(CC2CCOC2)CC1. The Balaban J connectivity index is 1.43. The summed E-state index contributed by atoms with van der Waals surface area (Å²) in [6, 6.07) is 7.29. The van der Waals surface area contributed by atoms with E-state index in [-0.39, 0.29) is 11.2 Å². The van der Waals surface area contributed by atoms with Crippen molar-refractivity contribution in [3.8, 4) is 0 Å². The Morgan fingerprint density at radius 3 is 2.71 bits per heavy atom. The minimum atomic E-state index is -0.191. The molecule has 2 saturated heterocycles. The molecule has 0 bridgehead atoms. The second-order valence-corrected chi connectivity index (χ2v) is 8.77. The summed E-state index contributed by atoms with van der Waals surface area (Å²) in [6.45, 7) is 10.2. The van der Waals surface area contributed by atoms with E-state index in [4.69, 9.17) is 4.74 Å². The summed E-state index contributed by atoms with van der Waals surface area (Å²) in [5.74, 6) is 1.35. The highest BCUT2D eigenvalue weighted by atomic mass is 19.1. The van der Waals surface area contributed by atoms with E-state index in [0.717, 1.165) is 50.7 Å². The van der Waals surface area contributed by atoms with Gasteiger partial charge in [0.05, 0.1) is 6.61 Å². The molecular weight excluding hydrogens is 355 g/mol. The van der Waals surface area contributed by atoms with E-state index in [1.807, 2.05) is 6.07 Å². The van der Waals surface area contributed by atoms with E-state index in [2.05, 4.69) is 34.4 Å². The quantitative estimate of drug-likeness (QED) is 0.579. The molecule has 0 radical (unpaired) electrons. The van der Waals surface area contributed by atoms with Crippen molar-refractivity contribution in [3.63, 3.8) is 0 Å². The minimum absolute atomic E-state index is 0.188. The Morgan fingerprint density at radius 1 is 1.29 bits per heavy atom. The zero-order valence-corrected chi connectivity index (χ0v) is 17.5. The summed E-state index contributed by atoms with van der Waals surface area (Å²) in [5, 5.41) is 7.00. The minimum Gasteiger partial charge on any atom is -0.381 e. The van der Waals surface area contributed by atoms with E-state index >= 15 is 0 Å². The first-order chi connectivity index (χ1) is 13.5. The van der Waals surface area contributed by atoms with Gasteiger partial charge in [0.1, 0.15) is 5.82 Å². The lowest BCUT2D eigenvalue weighted by Crippen LogP contribution is -2.51. The van der Waals surface area contributed by atoms with Crippen LogP contribution in [-0.2, 0) is 10.2 Å². The number of likely N-dealkylation sites (tertiary alicyclic amines) is 1. The number of hydrogen-bond donors (Lipinski definition) is 2. The van der Waals surface area contributed by atoms with Crippen LogP contribution in [0.4, 0.5) is 4.39 Å². The molecule has 5 nitrogen and oxygen atoms in total. The van der Waals surface area contributed by atoms with E-state index in [9.17, 15) is 4.39 Å². The van der Waals surface area contributed by atoms with Crippen molar-refractivity contribution in [2.75, 3.05) is 46.4 Å². The highest BCUT2D eigenvalue weighted by Crippen LogP contribution is 2.23. The number of benzene rings is 1. The van der Waals surface area contributed by atoms with Crippen molar-refractivity contribution in [2.45, 2.75) is 44.6 Å². The summed E-state index contributed by atoms with van der Waals surface area (Å²) in [4.78, 5) is 6.96. The van der Waals surface area contributed by atoms with Crippen molar-refractivity contribution in [2.24, 2.45) is 10.9 Å². The van der Waals surface area contributed by atoms with Gasteiger partial charge >= 0.3 is 0 Å². The van der Waals surface area contributed by atoms with Gasteiger partial charge in [-0.15, -0.1) is 0 Å². The molecule has 156 valence electrons. The average molecular weight is 391 g/mol. The predicted molar refractivity (Wildman–Crippen MR) is 112 cm³/mol. The second-order valence-electron chi connectivity index (χ2n) is 8.77. The summed E-state index contributed by atoms with van der Waals surface area (Å²) in [6.07, 6.45) is 3.46. The zero-order chi connectivity index (χ0) is 20.0. The number of ether oxygens (including phenoxy) is 1. The van der Waals surface area contributed by atoms with Gasteiger partial charge in [-0.2, -0.15) is 0 Å². The van der Waals surface area contributed by atoms with Crippen LogP contribution in [0.1, 0.15) is 38.7 Å². The second kappa shape index (κ2) is 9.70. The van der Waals surface area contributed by atoms with Crippen LogP contribution in [-0.4, -0.2) is 63.3 Å². The Morgan fingerprint density at radius 2 is 2.07 bits per heavy atom. The fourth-order valence-corrected chi connectivity index (χ4v) is 4.06. The molecule has 6 heteroatoms. The average Bonchev–Trinajstić information content (AvgIpc) is 3.19. The molecule has 2 fully saturated rings. The zero-order valence-electron chi connectivity index (χ0n) is 17.5. The van der Waals surface area contributed by atoms with Gasteiger partial charge in [0, 0.05) is 51.3 Å². The molecule has 3 rings (SSSR count). The first-order valence-electron chi connectivity index (χ1n) is 10.5. The molecule has 0 saturated carbocycles. The molecule has 0 amide bonds. The van der Waals surface area contributed by atoms with Gasteiger partial charge in [0.25, 0.3) is 0 Å². The van der Waals surface area contributed by atoms with Crippen LogP contribution in [0.15, 0.2) is 29.3 Å². The van der Waals surface area contributed by atoms with Gasteiger partial charge < -0.3 is 20.3 Å². The Bertz CT molecular complexity index is 650. The van der Waals surface area contributed by atoms with Gasteiger partial charge in [-0.1, -0.05) is 26.0 Å². The van der Waals surface area contributed by atoms with Crippen molar-refractivity contribution in [1.29, 1.82) is 0 Å². The molecule has 1 unspecified atom stereocenters. The third-order valence-corrected chi connectivity index (χ3v) is 6.00. The Kier molecular flexibility index (Phi) is 7.30. The molecule has 1 aromatic carbocycles. The topological polar surface area (TPSA) is 48.9 Å². The monoisotopic (exact) mass is 390 g/mol. The van der Waals surface area contributed by atoms with Crippen LogP contribution < -0.4 is 10.6 Å². The molecule has 2 aliphatic rings. The smallest absolute Gasteiger partial charge is 0.191 e. The number of hydrogen-bond acceptors (Lipinski definition) is 3. The van der Waals surface area contributed by atoms with Crippen LogP contribution >= 0.6 is 0 Å². The standard InChI is InChI=1S/C22H35FN4O/c1-22(2,18-5-4-6-19(23)13-18)16-25-21(24-3)26-20-7-10-27(11-8-20)14-17-9-12-28-15-17/h4-6,13,17,20H,7-12,14-16H2,1-3H3,(H2,24,25,26). The van der Waals surface area contributed by atoms with Crippen LogP contribution in [0.25, 0.3) is 0 Å². The van der Waals surface area contributed by atoms with Crippen LogP contribution in [0.3, 0.4) is 0 Å². The maximum absolute atomic E-state index is 13.6. The number of nitrogens with zero attached hydrogens (tertiary/aromatic N) is 2. The van der Waals surface area contributed by atoms with Gasteiger partial charge in [0.15, 0.2) is 5.96 Å². The van der Waals surface area contributed by atoms with Gasteiger partial charge in [-0.3, -0.25) is 4.99 Å². The highest BCUT2D eigenvalue weighted by molar-refractivity contribution is 5.80. The van der Waals surface area contributed by atoms with Crippen molar-refractivity contribution in [3.05, 3.63) is 35.6 Å². The molecule has 1 aromatic rings. The maximum Gasteiger partial charge on any atom is 0.191 e. The van der Waals surface area contributed by atoms with Crippen LogP contribution in [0.2, 0.25) is 0 Å². The van der Waals surface area contributed by atoms with Gasteiger partial charge in [-0.25, -0.2) is 4.39 Å². The lowest BCUT2D eigenvalue weighted by Gasteiger charge is -2.34. The lowest BCUT2D eigenvalue weighted by atomic mass is 9.84. The normalized spacial score (nSPS) is 22.4. The summed E-state index contributed by atoms with van der Waals surface area (Å²) in [7, 11) is 1.81. The number of halogens is 1. The number of nitrogens with one attached hydrogen (secondary N) is 2. The van der Waals surface area contributed by atoms with Crippen molar-refractivity contribution >= 4 is 5.96 Å². The first kappa shape index (κ1) is 21.1. The summed E-state index contributed by atoms with van der Waals surface area (Å²) in [5.41, 5.74) is 0.798. The number of guanidine groups is 1. The summed E-state index contributed by atoms with van der Waals surface area (Å²) < 4.78 is 19.1. The Hall–Kier alpha value is -1.66. The molecule has 2 aliphatic heterocycles. The van der Waals surface area contributed by atoms with E-state index in [1.165, 1.54) is 19.0 Å². The molecule has 0 aromatic heterocycles. The largest absolute Gasteiger partial charge is 0.381 e. The van der Waals surface area contributed by atoms with E-state index in [0.29, 0.717) is 18.5 Å². The van der Waals surface area contributed by atoms with Gasteiger partial charge in [0.2, 0.25) is 0 Å². The number of aliphatic imine (C=N–C) groups is 1. The first-order valence-corrected chi connectivity index (χ1v) is 10.5. The van der Waals surface area contributed by atoms with Gasteiger partial charge in [-0.05, 0) is 42.9 Å². The molecule has 28 heavy (non-hydrogen) atoms. The predicted octanol–water partition coefficient (Wildman–Crippen LogP) is 2.77. The number of rotatable bonds is 6. The highest BCUT2D eigenvalue weighted by Gasteiger charge is 2.25. The Labute approximate surface area is 168 Å². The van der Waals surface area contributed by atoms with Crippen LogP contribution in [0, 0.1) is 11.7 Å². The summed E-state index contributed by atoms with van der Waals surface area (Å²) >= 11 is 0. The molecule has 2 heterocycles. The van der Waals surface area contributed by atoms with E-state index in [1.54, 1.807) is 19.2 Å². The third-order valence-electron chi connectivity index (χ3n) is 6.00. The third kappa shape index (κ3) is 5.92. The van der Waals surface area contributed by atoms with Crippen LogP contribution in [0.5, 0.6) is 0 Å². The fraction of sp³-hybridized carbons (Fsp3) is 0.682. The van der Waals surface area contributed by atoms with E-state index < -0.39 is 0 Å². The fourth-order valence-electron chi connectivity index (χ4n) is 4.06. The molecule has 1 atom stereocenters. The molecular formula is C22H35FN4O. The molecule has 0 aliphatic carbocycles.